The van der Waals surface area contributed by atoms with Gasteiger partial charge in [-0.25, -0.2) is 0 Å². The largest absolute Gasteiger partial charge is 0.484 e. The molecule has 1 aliphatic heterocycles. The summed E-state index contributed by atoms with van der Waals surface area (Å²) >= 11 is 12.0. The topological polar surface area (TPSA) is 94.6 Å². The Balaban J connectivity index is 2.37. The van der Waals surface area contributed by atoms with E-state index in [1.807, 2.05) is 0 Å². The maximum atomic E-state index is 12.6. The number of ether oxygens (including phenoxy) is 1. The lowest BCUT2D eigenvalue weighted by Gasteiger charge is -2.49. The number of nitrogens with zero attached hydrogens (tertiary/aromatic N) is 2. The zero-order valence-corrected chi connectivity index (χ0v) is 15.7. The van der Waals surface area contributed by atoms with E-state index < -0.39 is 27.7 Å². The van der Waals surface area contributed by atoms with Crippen LogP contribution in [0.15, 0.2) is 35.3 Å². The van der Waals surface area contributed by atoms with Crippen molar-refractivity contribution in [1.82, 2.24) is 4.57 Å². The number of hydrogen-bond acceptors (Lipinski definition) is 5. The molecule has 1 aliphatic rings. The van der Waals surface area contributed by atoms with E-state index in [0.717, 1.165) is 0 Å². The van der Waals surface area contributed by atoms with Gasteiger partial charge in [-0.3, -0.25) is 14.9 Å². The summed E-state index contributed by atoms with van der Waals surface area (Å²) in [6, 6.07) is 4.35. The highest BCUT2D eigenvalue weighted by atomic mass is 35.5. The van der Waals surface area contributed by atoms with Crippen molar-refractivity contribution in [2.24, 2.45) is 0 Å². The molecule has 0 saturated carbocycles. The summed E-state index contributed by atoms with van der Waals surface area (Å²) in [5, 5.41) is 22.5. The normalized spacial score (nSPS) is 23.8. The second-order valence-electron chi connectivity index (χ2n) is 6.86. The van der Waals surface area contributed by atoms with Crippen LogP contribution in [0.1, 0.15) is 32.4 Å². The molecule has 0 radical (unpaired) electrons. The fourth-order valence-electron chi connectivity index (χ4n) is 3.11. The van der Waals surface area contributed by atoms with Crippen LogP contribution in [0.2, 0.25) is 10.0 Å². The maximum absolute atomic E-state index is 12.6. The van der Waals surface area contributed by atoms with Gasteiger partial charge in [0.1, 0.15) is 22.0 Å². The van der Waals surface area contributed by atoms with E-state index in [4.69, 9.17) is 27.9 Å². The number of aliphatic hydroxyl groups is 1. The summed E-state index contributed by atoms with van der Waals surface area (Å²) in [5.74, 6) is 0.333. The predicted molar refractivity (Wildman–Crippen MR) is 97.3 cm³/mol. The standard InChI is InChI=1S/C17H16Cl2N2O5/c1-16(2)17(3,23)14(20-8-9(18)6-12(19)15(20)22)11-7-10(21(24)25)4-5-13(11)26-16/h4-8,14,23H,1-3H3. The van der Waals surface area contributed by atoms with Crippen LogP contribution < -0.4 is 10.3 Å². The van der Waals surface area contributed by atoms with Crippen molar-refractivity contribution >= 4 is 28.9 Å². The number of hydrogen-bond donors (Lipinski definition) is 1. The van der Waals surface area contributed by atoms with E-state index in [-0.39, 0.29) is 15.7 Å². The summed E-state index contributed by atoms with van der Waals surface area (Å²) in [7, 11) is 0. The molecule has 3 rings (SSSR count). The maximum Gasteiger partial charge on any atom is 0.270 e. The van der Waals surface area contributed by atoms with Gasteiger partial charge in [-0.2, -0.15) is 0 Å². The summed E-state index contributed by atoms with van der Waals surface area (Å²) in [4.78, 5) is 23.3. The van der Waals surface area contributed by atoms with Gasteiger partial charge < -0.3 is 14.4 Å². The average Bonchev–Trinajstić information content (AvgIpc) is 2.51. The zero-order chi connectivity index (χ0) is 19.4. The van der Waals surface area contributed by atoms with Crippen molar-refractivity contribution in [3.8, 4) is 5.75 Å². The van der Waals surface area contributed by atoms with E-state index in [1.54, 1.807) is 13.8 Å². The van der Waals surface area contributed by atoms with Gasteiger partial charge in [0.25, 0.3) is 11.2 Å². The zero-order valence-electron chi connectivity index (χ0n) is 14.2. The first-order valence-corrected chi connectivity index (χ1v) is 8.48. The highest BCUT2D eigenvalue weighted by Crippen LogP contribution is 2.48. The number of fused-ring (bicyclic) bond motifs is 1. The Hall–Kier alpha value is -2.09. The molecule has 7 nitrogen and oxygen atoms in total. The first-order valence-electron chi connectivity index (χ1n) is 7.72. The molecule has 0 aliphatic carbocycles. The number of pyridine rings is 1. The van der Waals surface area contributed by atoms with Crippen molar-refractivity contribution in [1.29, 1.82) is 0 Å². The van der Waals surface area contributed by atoms with E-state index in [0.29, 0.717) is 11.3 Å². The number of non-ortho nitro benzene ring substituents is 1. The molecule has 9 heteroatoms. The monoisotopic (exact) mass is 398 g/mol. The summed E-state index contributed by atoms with van der Waals surface area (Å²) in [6.07, 6.45) is 1.35. The second-order valence-corrected chi connectivity index (χ2v) is 7.70. The Bertz CT molecular complexity index is 968. The third kappa shape index (κ3) is 2.76. The van der Waals surface area contributed by atoms with E-state index in [2.05, 4.69) is 0 Å². The lowest BCUT2D eigenvalue weighted by Crippen LogP contribution is -2.60. The van der Waals surface area contributed by atoms with Crippen LogP contribution in [0.5, 0.6) is 5.75 Å². The fourth-order valence-corrected chi connectivity index (χ4v) is 3.60. The molecule has 2 heterocycles. The smallest absolute Gasteiger partial charge is 0.270 e. The molecule has 1 N–H and O–H groups in total. The number of rotatable bonds is 2. The lowest BCUT2D eigenvalue weighted by molar-refractivity contribution is -0.385. The van der Waals surface area contributed by atoms with Crippen molar-refractivity contribution in [2.75, 3.05) is 0 Å². The van der Waals surface area contributed by atoms with Crippen LogP contribution in [0.4, 0.5) is 5.69 Å². The average molecular weight is 399 g/mol. The van der Waals surface area contributed by atoms with Crippen molar-refractivity contribution in [3.05, 3.63) is 66.5 Å². The van der Waals surface area contributed by atoms with Crippen LogP contribution >= 0.6 is 23.2 Å². The highest BCUT2D eigenvalue weighted by Gasteiger charge is 2.54. The Morgan fingerprint density at radius 3 is 2.54 bits per heavy atom. The summed E-state index contributed by atoms with van der Waals surface area (Å²) in [6.45, 7) is 4.84. The summed E-state index contributed by atoms with van der Waals surface area (Å²) in [5.41, 5.74) is -3.17. The first-order chi connectivity index (χ1) is 12.0. The first kappa shape index (κ1) is 18.7. The van der Waals surface area contributed by atoms with E-state index in [9.17, 15) is 20.0 Å². The number of benzene rings is 1. The molecule has 1 aromatic carbocycles. The molecule has 0 saturated heterocycles. The number of nitro benzene ring substituents is 1. The minimum Gasteiger partial charge on any atom is -0.484 e. The molecule has 0 amide bonds. The molecule has 138 valence electrons. The molecule has 1 aromatic heterocycles. The van der Waals surface area contributed by atoms with Gasteiger partial charge in [0.15, 0.2) is 0 Å². The molecule has 0 fully saturated rings. The molecule has 2 aromatic rings. The fraction of sp³-hybridized carbons (Fsp3) is 0.353. The highest BCUT2D eigenvalue weighted by molar-refractivity contribution is 6.34. The molecule has 2 unspecified atom stereocenters. The van der Waals surface area contributed by atoms with Crippen molar-refractivity contribution < 1.29 is 14.8 Å². The van der Waals surface area contributed by atoms with E-state index >= 15 is 0 Å². The number of aromatic nitrogens is 1. The van der Waals surface area contributed by atoms with Gasteiger partial charge in [-0.15, -0.1) is 0 Å². The van der Waals surface area contributed by atoms with Gasteiger partial charge in [-0.1, -0.05) is 23.2 Å². The molecule has 26 heavy (non-hydrogen) atoms. The second kappa shape index (κ2) is 5.97. The van der Waals surface area contributed by atoms with Gasteiger partial charge in [0, 0.05) is 23.9 Å². The predicted octanol–water partition coefficient (Wildman–Crippen LogP) is 3.57. The van der Waals surface area contributed by atoms with E-state index in [1.165, 1.54) is 42.0 Å². The van der Waals surface area contributed by atoms with Gasteiger partial charge in [0.05, 0.1) is 16.0 Å². The van der Waals surface area contributed by atoms with Gasteiger partial charge in [0.2, 0.25) is 0 Å². The minimum absolute atomic E-state index is 0.121. The van der Waals surface area contributed by atoms with Gasteiger partial charge >= 0.3 is 0 Å². The van der Waals surface area contributed by atoms with Crippen LogP contribution in [0, 0.1) is 10.1 Å². The third-order valence-electron chi connectivity index (χ3n) is 4.86. The van der Waals surface area contributed by atoms with Crippen molar-refractivity contribution in [2.45, 2.75) is 38.0 Å². The SMILES string of the molecule is CC1(C)Oc2ccc([N+](=O)[O-])cc2C(n2cc(Cl)cc(Cl)c2=O)C1(C)O. The molecular weight excluding hydrogens is 383 g/mol. The molecule has 2 atom stereocenters. The molecule has 0 bridgehead atoms. The Kier molecular flexibility index (Phi) is 4.29. The van der Waals surface area contributed by atoms with Crippen LogP contribution in [-0.4, -0.2) is 25.8 Å². The molecule has 0 spiro atoms. The third-order valence-corrected chi connectivity index (χ3v) is 5.34. The minimum atomic E-state index is -1.60. The van der Waals surface area contributed by atoms with Crippen molar-refractivity contribution in [3.63, 3.8) is 0 Å². The quantitative estimate of drug-likeness (QED) is 0.616. The Labute approximate surface area is 158 Å². The van der Waals surface area contributed by atoms with Crippen LogP contribution in [0.25, 0.3) is 0 Å². The Morgan fingerprint density at radius 2 is 1.92 bits per heavy atom. The summed E-state index contributed by atoms with van der Waals surface area (Å²) < 4.78 is 7.06. The Morgan fingerprint density at radius 1 is 1.27 bits per heavy atom. The van der Waals surface area contributed by atoms with Gasteiger partial charge in [-0.05, 0) is 32.9 Å². The van der Waals surface area contributed by atoms with Crippen LogP contribution in [-0.2, 0) is 0 Å². The number of nitro groups is 1. The van der Waals surface area contributed by atoms with Crippen LogP contribution in [0.3, 0.4) is 0 Å². The number of halogens is 2. The molecular formula is C17H16Cl2N2O5. The lowest BCUT2D eigenvalue weighted by atomic mass is 9.75.